The molecule has 34 heavy (non-hydrogen) atoms. The number of sulfonamides is 1. The summed E-state index contributed by atoms with van der Waals surface area (Å²) in [5.41, 5.74) is -0.807. The summed E-state index contributed by atoms with van der Waals surface area (Å²) in [4.78, 5) is 12.6. The molecule has 9 heteroatoms. The molecule has 0 N–H and O–H groups in total. The molecule has 0 bridgehead atoms. The van der Waals surface area contributed by atoms with E-state index in [4.69, 9.17) is 9.47 Å². The summed E-state index contributed by atoms with van der Waals surface area (Å²) in [5.74, 6) is -2.15. The van der Waals surface area contributed by atoms with Crippen LogP contribution in [0.4, 0.5) is 8.78 Å². The molecule has 184 valence electrons. The topological polar surface area (TPSA) is 72.9 Å². The lowest BCUT2D eigenvalue weighted by molar-refractivity contribution is -0.151. The summed E-state index contributed by atoms with van der Waals surface area (Å²) in [5, 5.41) is -0.734. The van der Waals surface area contributed by atoms with Crippen molar-refractivity contribution < 1.29 is 31.5 Å². The van der Waals surface area contributed by atoms with E-state index >= 15 is 8.78 Å². The molecular weight excluding hydrogens is 464 g/mol. The van der Waals surface area contributed by atoms with E-state index in [-0.39, 0.29) is 49.8 Å². The van der Waals surface area contributed by atoms with Crippen molar-refractivity contribution in [1.82, 2.24) is 4.31 Å². The van der Waals surface area contributed by atoms with E-state index in [0.29, 0.717) is 18.4 Å². The number of hydrogen-bond acceptors (Lipinski definition) is 5. The molecule has 2 aromatic rings. The normalized spacial score (nSPS) is 24.5. The first-order valence-electron chi connectivity index (χ1n) is 11.4. The van der Waals surface area contributed by atoms with Gasteiger partial charge in [0.1, 0.15) is 22.3 Å². The van der Waals surface area contributed by atoms with Gasteiger partial charge < -0.3 is 9.47 Å². The van der Waals surface area contributed by atoms with Gasteiger partial charge in [-0.3, -0.25) is 4.79 Å². The predicted octanol–water partition coefficient (Wildman–Crippen LogP) is 4.24. The third-order valence-corrected chi connectivity index (χ3v) is 9.47. The fourth-order valence-corrected chi connectivity index (χ4v) is 7.28. The zero-order chi connectivity index (χ0) is 24.5. The molecule has 2 fully saturated rings. The Morgan fingerprint density at radius 1 is 1.12 bits per heavy atom. The molecule has 2 aliphatic rings. The first-order valence-corrected chi connectivity index (χ1v) is 12.9. The van der Waals surface area contributed by atoms with E-state index < -0.39 is 38.3 Å². The van der Waals surface area contributed by atoms with Crippen molar-refractivity contribution in [2.24, 2.45) is 0 Å². The van der Waals surface area contributed by atoms with Crippen molar-refractivity contribution >= 4 is 16.0 Å². The van der Waals surface area contributed by atoms with Crippen molar-refractivity contribution in [2.75, 3.05) is 20.3 Å². The van der Waals surface area contributed by atoms with Crippen molar-refractivity contribution in [1.29, 1.82) is 0 Å². The standard InChI is InChI=1S/C25H29F2NO5S/c1-17-8-9-23(18-6-4-3-5-7-18)34(30,31)28(17)16-19-14-22(27)20(15-21(19)26)25(24(29)32-2)10-12-33-13-11-25/h3-7,14-15,17,23H,8-13,16H2,1-2H3/t17-,23+/m0/s1. The van der Waals surface area contributed by atoms with Crippen molar-refractivity contribution in [3.63, 3.8) is 0 Å². The number of benzene rings is 2. The average Bonchev–Trinajstić information content (AvgIpc) is 2.83. The Balaban J connectivity index is 1.68. The molecule has 2 aromatic carbocycles. The van der Waals surface area contributed by atoms with Gasteiger partial charge in [0, 0.05) is 36.9 Å². The minimum Gasteiger partial charge on any atom is -0.468 e. The van der Waals surface area contributed by atoms with Gasteiger partial charge in [-0.05, 0) is 50.3 Å². The Hall–Kier alpha value is -2.36. The molecule has 0 saturated carbocycles. The van der Waals surface area contributed by atoms with Crippen molar-refractivity contribution in [3.8, 4) is 0 Å². The molecule has 6 nitrogen and oxygen atoms in total. The molecule has 0 amide bonds. The Morgan fingerprint density at radius 2 is 1.79 bits per heavy atom. The number of carbonyl (C=O) groups is 1. The summed E-state index contributed by atoms with van der Waals surface area (Å²) in [6, 6.07) is 10.6. The van der Waals surface area contributed by atoms with Gasteiger partial charge in [0.25, 0.3) is 0 Å². The largest absolute Gasteiger partial charge is 0.468 e. The zero-order valence-electron chi connectivity index (χ0n) is 19.3. The van der Waals surface area contributed by atoms with E-state index in [1.807, 2.05) is 6.07 Å². The summed E-state index contributed by atoms with van der Waals surface area (Å²) in [6.45, 7) is 1.94. The number of ether oxygens (including phenoxy) is 2. The lowest BCUT2D eigenvalue weighted by Crippen LogP contribution is -2.45. The third kappa shape index (κ3) is 4.36. The van der Waals surface area contributed by atoms with Crippen LogP contribution in [0.1, 0.15) is 54.5 Å². The number of nitrogens with zero attached hydrogens (tertiary/aromatic N) is 1. The van der Waals surface area contributed by atoms with E-state index in [1.54, 1.807) is 31.2 Å². The Morgan fingerprint density at radius 3 is 2.44 bits per heavy atom. The molecule has 0 unspecified atom stereocenters. The molecule has 0 aromatic heterocycles. The van der Waals surface area contributed by atoms with Crippen LogP contribution in [0.15, 0.2) is 42.5 Å². The predicted molar refractivity (Wildman–Crippen MR) is 122 cm³/mol. The molecule has 2 atom stereocenters. The molecule has 2 aliphatic heterocycles. The van der Waals surface area contributed by atoms with Crippen LogP contribution in [-0.2, 0) is 36.3 Å². The number of halogens is 2. The summed E-state index contributed by atoms with van der Waals surface area (Å²) in [7, 11) is -2.58. The number of carbonyl (C=O) groups excluding carboxylic acids is 1. The van der Waals surface area contributed by atoms with Crippen molar-refractivity contribution in [2.45, 2.75) is 55.9 Å². The SMILES string of the molecule is COC(=O)C1(c2cc(F)c(CN3[C@@H](C)CC[C@H](c4ccccc4)S3(=O)=O)cc2F)CCOCC1. The smallest absolute Gasteiger partial charge is 0.316 e. The average molecular weight is 494 g/mol. The first-order chi connectivity index (χ1) is 16.2. The fraction of sp³-hybridized carbons (Fsp3) is 0.480. The van der Waals surface area contributed by atoms with Crippen LogP contribution in [0, 0.1) is 11.6 Å². The molecule has 2 saturated heterocycles. The van der Waals surface area contributed by atoms with Gasteiger partial charge in [-0.2, -0.15) is 4.31 Å². The highest BCUT2D eigenvalue weighted by Gasteiger charge is 2.46. The molecule has 4 rings (SSSR count). The quantitative estimate of drug-likeness (QED) is 0.583. The minimum atomic E-state index is -3.80. The van der Waals surface area contributed by atoms with Crippen LogP contribution in [0.2, 0.25) is 0 Å². The number of methoxy groups -OCH3 is 1. The molecule has 0 aliphatic carbocycles. The van der Waals surface area contributed by atoms with E-state index in [1.165, 1.54) is 11.4 Å². The van der Waals surface area contributed by atoms with Crippen molar-refractivity contribution in [3.05, 3.63) is 70.8 Å². The second kappa shape index (κ2) is 9.71. The van der Waals surface area contributed by atoms with Crippen LogP contribution in [0.3, 0.4) is 0 Å². The van der Waals surface area contributed by atoms with Gasteiger partial charge in [0.2, 0.25) is 10.0 Å². The monoisotopic (exact) mass is 493 g/mol. The van der Waals surface area contributed by atoms with E-state index in [0.717, 1.165) is 12.1 Å². The molecular formula is C25H29F2NO5S. The van der Waals surface area contributed by atoms with Crippen LogP contribution >= 0.6 is 0 Å². The van der Waals surface area contributed by atoms with Gasteiger partial charge in [-0.25, -0.2) is 17.2 Å². The molecule has 0 spiro atoms. The summed E-state index contributed by atoms with van der Waals surface area (Å²) >= 11 is 0. The Kier molecular flexibility index (Phi) is 7.07. The van der Waals surface area contributed by atoms with Crippen LogP contribution in [0.5, 0.6) is 0 Å². The molecule has 2 heterocycles. The minimum absolute atomic E-state index is 0.0718. The summed E-state index contributed by atoms with van der Waals surface area (Å²) in [6.07, 6.45) is 1.41. The van der Waals surface area contributed by atoms with Gasteiger partial charge in [0.05, 0.1) is 7.11 Å². The second-order valence-corrected chi connectivity index (χ2v) is 11.1. The van der Waals surface area contributed by atoms with Crippen LogP contribution in [0.25, 0.3) is 0 Å². The maximum absolute atomic E-state index is 15.4. The second-order valence-electron chi connectivity index (χ2n) is 9.03. The number of rotatable bonds is 5. The number of esters is 1. The van der Waals surface area contributed by atoms with Gasteiger partial charge in [0.15, 0.2) is 0 Å². The van der Waals surface area contributed by atoms with E-state index in [9.17, 15) is 13.2 Å². The van der Waals surface area contributed by atoms with Crippen LogP contribution in [-0.4, -0.2) is 45.1 Å². The van der Waals surface area contributed by atoms with E-state index in [2.05, 4.69) is 0 Å². The number of hydrogen-bond donors (Lipinski definition) is 0. The van der Waals surface area contributed by atoms with Gasteiger partial charge >= 0.3 is 5.97 Å². The molecule has 0 radical (unpaired) electrons. The maximum atomic E-state index is 15.4. The highest BCUT2D eigenvalue weighted by molar-refractivity contribution is 7.89. The highest BCUT2D eigenvalue weighted by atomic mass is 32.2. The highest BCUT2D eigenvalue weighted by Crippen LogP contribution is 2.41. The third-order valence-electron chi connectivity index (χ3n) is 7.10. The lowest BCUT2D eigenvalue weighted by atomic mass is 9.73. The van der Waals surface area contributed by atoms with Gasteiger partial charge in [-0.1, -0.05) is 30.3 Å². The fourth-order valence-electron chi connectivity index (χ4n) is 5.09. The van der Waals surface area contributed by atoms with Gasteiger partial charge in [-0.15, -0.1) is 0 Å². The zero-order valence-corrected chi connectivity index (χ0v) is 20.1. The Bertz CT molecular complexity index is 1150. The summed E-state index contributed by atoms with van der Waals surface area (Å²) < 4.78 is 69.1. The lowest BCUT2D eigenvalue weighted by Gasteiger charge is -2.38. The van der Waals surface area contributed by atoms with Crippen LogP contribution < -0.4 is 0 Å². The maximum Gasteiger partial charge on any atom is 0.316 e. The Labute approximate surface area is 198 Å². The first kappa shape index (κ1) is 24.8.